The van der Waals surface area contributed by atoms with E-state index >= 15 is 0 Å². The van der Waals surface area contributed by atoms with Gasteiger partial charge < -0.3 is 15.0 Å². The normalized spacial score (nSPS) is 19.0. The Morgan fingerprint density at radius 2 is 1.96 bits per heavy atom. The van der Waals surface area contributed by atoms with Crippen LogP contribution in [-0.4, -0.2) is 34.9 Å². The summed E-state index contributed by atoms with van der Waals surface area (Å²) in [4.78, 5) is 19.6. The van der Waals surface area contributed by atoms with Crippen LogP contribution in [0.3, 0.4) is 0 Å². The number of H-pyrrole nitrogens is 1. The Morgan fingerprint density at radius 1 is 1.19 bits per heavy atom. The predicted molar refractivity (Wildman–Crippen MR) is 107 cm³/mol. The lowest BCUT2D eigenvalue weighted by molar-refractivity contribution is 0.251. The molecule has 2 aromatic rings. The molecule has 1 saturated heterocycles. The Balaban J connectivity index is 1.50. The highest BCUT2D eigenvalue weighted by Crippen LogP contribution is 2.28. The van der Waals surface area contributed by atoms with Gasteiger partial charge in [-0.1, -0.05) is 12.8 Å². The molecule has 2 N–H and O–H groups in total. The summed E-state index contributed by atoms with van der Waals surface area (Å²) in [5.41, 5.74) is -0.0400. The Kier molecular flexibility index (Phi) is 5.98. The zero-order valence-electron chi connectivity index (χ0n) is 15.4. The van der Waals surface area contributed by atoms with Gasteiger partial charge in [0.05, 0.1) is 17.9 Å². The minimum atomic E-state index is -0.569. The number of fused-ring (bicyclic) bond motifs is 1. The molecule has 0 unspecified atom stereocenters. The van der Waals surface area contributed by atoms with Gasteiger partial charge in [-0.25, -0.2) is 9.37 Å². The summed E-state index contributed by atoms with van der Waals surface area (Å²) in [6.07, 6.45) is 7.08. The van der Waals surface area contributed by atoms with Crippen LogP contribution >= 0.6 is 11.8 Å². The number of nitrogens with one attached hydrogen (secondary N) is 2. The highest BCUT2D eigenvalue weighted by molar-refractivity contribution is 7.99. The summed E-state index contributed by atoms with van der Waals surface area (Å²) >= 11 is 1.81. The highest BCUT2D eigenvalue weighted by atomic mass is 32.2. The standard InChI is InChI=1S/C20H26FN3O2S/c21-16-9-14(26-11-13-3-1-2-4-13)10-17-19(16)20(25)24-18(23-17)12-27-15-5-7-22-8-6-15/h9-10,13,15,22H,1-8,11-12H2,(H,23,24,25). The van der Waals surface area contributed by atoms with Crippen LogP contribution in [0, 0.1) is 11.7 Å². The molecule has 27 heavy (non-hydrogen) atoms. The Labute approximate surface area is 162 Å². The molecule has 0 spiro atoms. The first-order valence-corrected chi connectivity index (χ1v) is 10.9. The van der Waals surface area contributed by atoms with Crippen molar-refractivity contribution in [2.75, 3.05) is 19.7 Å². The third-order valence-corrected chi connectivity index (χ3v) is 6.87. The quantitative estimate of drug-likeness (QED) is 0.787. The van der Waals surface area contributed by atoms with Gasteiger partial charge in [-0.3, -0.25) is 4.79 Å². The van der Waals surface area contributed by atoms with Crippen LogP contribution in [-0.2, 0) is 5.75 Å². The molecule has 5 nitrogen and oxygen atoms in total. The van der Waals surface area contributed by atoms with E-state index in [0.29, 0.717) is 40.6 Å². The molecule has 1 aliphatic heterocycles. The summed E-state index contributed by atoms with van der Waals surface area (Å²) in [5.74, 6) is 1.67. The fourth-order valence-corrected chi connectivity index (χ4v) is 5.05. The van der Waals surface area contributed by atoms with Crippen molar-refractivity contribution in [3.63, 3.8) is 0 Å². The van der Waals surface area contributed by atoms with Gasteiger partial charge in [0, 0.05) is 17.4 Å². The molecular formula is C20H26FN3O2S. The molecule has 1 aromatic carbocycles. The SMILES string of the molecule is O=c1[nH]c(CSC2CCNCC2)nc2cc(OCC3CCCC3)cc(F)c12. The van der Waals surface area contributed by atoms with Crippen LogP contribution in [0.25, 0.3) is 10.9 Å². The Morgan fingerprint density at radius 3 is 2.74 bits per heavy atom. The molecule has 1 aromatic heterocycles. The number of thioether (sulfide) groups is 1. The summed E-state index contributed by atoms with van der Waals surface area (Å²) in [5, 5.41) is 3.94. The summed E-state index contributed by atoms with van der Waals surface area (Å²) in [6, 6.07) is 3.00. The van der Waals surface area contributed by atoms with Crippen LogP contribution in [0.5, 0.6) is 5.75 Å². The van der Waals surface area contributed by atoms with Gasteiger partial charge in [0.1, 0.15) is 22.8 Å². The van der Waals surface area contributed by atoms with E-state index in [1.165, 1.54) is 31.7 Å². The van der Waals surface area contributed by atoms with E-state index in [0.717, 1.165) is 25.9 Å². The van der Waals surface area contributed by atoms with E-state index in [4.69, 9.17) is 4.74 Å². The van der Waals surface area contributed by atoms with E-state index in [1.54, 1.807) is 17.8 Å². The van der Waals surface area contributed by atoms with E-state index in [9.17, 15) is 9.18 Å². The average molecular weight is 392 g/mol. The number of aromatic amines is 1. The Bertz CT molecular complexity index is 845. The molecule has 0 amide bonds. The van der Waals surface area contributed by atoms with Crippen LogP contribution in [0.1, 0.15) is 44.3 Å². The molecule has 0 bridgehead atoms. The minimum absolute atomic E-state index is 0.0128. The molecule has 146 valence electrons. The first-order chi connectivity index (χ1) is 13.2. The fourth-order valence-electron chi connectivity index (χ4n) is 3.95. The number of halogens is 1. The van der Waals surface area contributed by atoms with Crippen molar-refractivity contribution in [1.82, 2.24) is 15.3 Å². The first kappa shape index (κ1) is 18.7. The van der Waals surface area contributed by atoms with Gasteiger partial charge in [0.2, 0.25) is 0 Å². The van der Waals surface area contributed by atoms with Gasteiger partial charge in [-0.2, -0.15) is 11.8 Å². The largest absolute Gasteiger partial charge is 0.493 e. The number of aromatic nitrogens is 2. The number of nitrogens with zero attached hydrogens (tertiary/aromatic N) is 1. The third kappa shape index (κ3) is 4.63. The van der Waals surface area contributed by atoms with E-state index in [2.05, 4.69) is 15.3 Å². The van der Waals surface area contributed by atoms with Crippen LogP contribution in [0.2, 0.25) is 0 Å². The topological polar surface area (TPSA) is 67.0 Å². The second-order valence-corrected chi connectivity index (χ2v) is 8.82. The van der Waals surface area contributed by atoms with Crippen molar-refractivity contribution in [1.29, 1.82) is 0 Å². The van der Waals surface area contributed by atoms with E-state index in [1.807, 2.05) is 0 Å². The maximum atomic E-state index is 14.5. The monoisotopic (exact) mass is 391 g/mol. The number of benzene rings is 1. The smallest absolute Gasteiger partial charge is 0.261 e. The zero-order chi connectivity index (χ0) is 18.6. The van der Waals surface area contributed by atoms with Crippen molar-refractivity contribution < 1.29 is 9.13 Å². The van der Waals surface area contributed by atoms with Gasteiger partial charge >= 0.3 is 0 Å². The van der Waals surface area contributed by atoms with Crippen molar-refractivity contribution in [2.24, 2.45) is 5.92 Å². The summed E-state index contributed by atoms with van der Waals surface area (Å²) < 4.78 is 20.3. The van der Waals surface area contributed by atoms with Crippen LogP contribution < -0.4 is 15.6 Å². The second kappa shape index (κ2) is 8.61. The molecule has 2 fully saturated rings. The molecule has 4 rings (SSSR count). The van der Waals surface area contributed by atoms with E-state index in [-0.39, 0.29) is 5.39 Å². The summed E-state index contributed by atoms with van der Waals surface area (Å²) in [7, 11) is 0. The van der Waals surface area contributed by atoms with E-state index < -0.39 is 11.4 Å². The number of rotatable bonds is 6. The van der Waals surface area contributed by atoms with Gasteiger partial charge in [-0.15, -0.1) is 0 Å². The lowest BCUT2D eigenvalue weighted by atomic mass is 10.1. The summed E-state index contributed by atoms with van der Waals surface area (Å²) in [6.45, 7) is 2.67. The number of hydrogen-bond acceptors (Lipinski definition) is 5. The van der Waals surface area contributed by atoms with Crippen LogP contribution in [0.15, 0.2) is 16.9 Å². The van der Waals surface area contributed by atoms with Crippen LogP contribution in [0.4, 0.5) is 4.39 Å². The predicted octanol–water partition coefficient (Wildman–Crippen LogP) is 3.62. The molecule has 2 aliphatic rings. The minimum Gasteiger partial charge on any atom is -0.493 e. The van der Waals surface area contributed by atoms with Gasteiger partial charge in [0.25, 0.3) is 5.56 Å². The highest BCUT2D eigenvalue weighted by Gasteiger charge is 2.18. The number of piperidine rings is 1. The molecule has 2 heterocycles. The molecule has 1 saturated carbocycles. The van der Waals surface area contributed by atoms with Crippen molar-refractivity contribution in [3.05, 3.63) is 34.1 Å². The maximum absolute atomic E-state index is 14.5. The van der Waals surface area contributed by atoms with Crippen molar-refractivity contribution >= 4 is 22.7 Å². The number of ether oxygens (including phenoxy) is 1. The number of hydrogen-bond donors (Lipinski definition) is 2. The average Bonchev–Trinajstić information content (AvgIpc) is 3.19. The fraction of sp³-hybridized carbons (Fsp3) is 0.600. The van der Waals surface area contributed by atoms with Gasteiger partial charge in [-0.05, 0) is 44.7 Å². The lowest BCUT2D eigenvalue weighted by Gasteiger charge is -2.21. The van der Waals surface area contributed by atoms with Crippen molar-refractivity contribution in [2.45, 2.75) is 49.5 Å². The molecule has 1 aliphatic carbocycles. The first-order valence-electron chi connectivity index (χ1n) is 9.86. The molecular weight excluding hydrogens is 365 g/mol. The molecule has 0 radical (unpaired) electrons. The zero-order valence-corrected chi connectivity index (χ0v) is 16.2. The molecule has 0 atom stereocenters. The maximum Gasteiger partial charge on any atom is 0.261 e. The lowest BCUT2D eigenvalue weighted by Crippen LogP contribution is -2.29. The Hall–Kier alpha value is -1.60. The van der Waals surface area contributed by atoms with Gasteiger partial charge in [0.15, 0.2) is 0 Å². The third-order valence-electron chi connectivity index (χ3n) is 5.49. The second-order valence-electron chi connectivity index (χ2n) is 7.53. The van der Waals surface area contributed by atoms with Crippen molar-refractivity contribution in [3.8, 4) is 5.75 Å². The molecule has 7 heteroatoms.